The van der Waals surface area contributed by atoms with E-state index in [4.69, 9.17) is 0 Å². The lowest BCUT2D eigenvalue weighted by molar-refractivity contribution is 0.590. The zero-order valence-electron chi connectivity index (χ0n) is 32.6. The molecule has 2 aliphatic carbocycles. The van der Waals surface area contributed by atoms with E-state index in [0.29, 0.717) is 0 Å². The minimum absolute atomic E-state index is 0.0454. The van der Waals surface area contributed by atoms with Gasteiger partial charge < -0.3 is 9.80 Å². The number of hydrogen-bond donors (Lipinski definition) is 0. The third-order valence-corrected chi connectivity index (χ3v) is 12.6. The Balaban J connectivity index is 1.35. The van der Waals surface area contributed by atoms with Gasteiger partial charge in [0.05, 0.1) is 0 Å². The maximum Gasteiger partial charge on any atom is 0.252 e. The van der Waals surface area contributed by atoms with E-state index in [0.717, 1.165) is 0 Å². The van der Waals surface area contributed by atoms with Gasteiger partial charge in [-0.1, -0.05) is 90.8 Å². The highest BCUT2D eigenvalue weighted by atomic mass is 15.2. The van der Waals surface area contributed by atoms with Gasteiger partial charge in [0.1, 0.15) is 0 Å². The van der Waals surface area contributed by atoms with E-state index in [1.165, 1.54) is 131 Å². The summed E-state index contributed by atoms with van der Waals surface area (Å²) in [5.74, 6) is 0. The maximum atomic E-state index is 2.67. The molecule has 3 heteroatoms. The number of rotatable bonds is 2. The largest absolute Gasteiger partial charge is 0.311 e. The van der Waals surface area contributed by atoms with Crippen LogP contribution >= 0.6 is 0 Å². The van der Waals surface area contributed by atoms with Gasteiger partial charge in [0.25, 0.3) is 6.71 Å². The van der Waals surface area contributed by atoms with Crippen molar-refractivity contribution in [2.75, 3.05) is 9.80 Å². The zero-order chi connectivity index (χ0) is 35.9. The van der Waals surface area contributed by atoms with Crippen LogP contribution in [0.2, 0.25) is 0 Å². The molecule has 0 saturated heterocycles. The lowest BCUT2D eigenvalue weighted by atomic mass is 9.33. The molecule has 52 heavy (non-hydrogen) atoms. The SMILES string of the molecule is Cc1cc2c3c(c1)N(c1ccc4c(c1)CCCCC4)c1cc4c(cc1B3c1cc(C(C)(C)C)ccc1N2c1ccc(C(C)(C)C)cc1)CCCCC4. The number of nitrogens with zero attached hydrogens (tertiary/aromatic N) is 2. The Labute approximate surface area is 313 Å². The van der Waals surface area contributed by atoms with Crippen LogP contribution in [-0.2, 0) is 36.5 Å². The smallest absolute Gasteiger partial charge is 0.252 e. The standard InChI is InChI=1S/C49H55BN2/c1-32-26-45-47-46(27-32)52(40-22-18-33-14-10-8-11-15-34(33)28-40)44-30-36-17-13-9-12-16-35(36)29-41(44)50(47)42-31-38(49(5,6)7)21-25-43(42)51(45)39-23-19-37(20-24-39)48(2,3)4/h18-31H,8-17H2,1-7H3. The molecule has 2 heterocycles. The van der Waals surface area contributed by atoms with Gasteiger partial charge in [0, 0.05) is 34.1 Å². The van der Waals surface area contributed by atoms with E-state index in [9.17, 15) is 0 Å². The fraction of sp³-hybridized carbons (Fsp3) is 0.388. The summed E-state index contributed by atoms with van der Waals surface area (Å²) >= 11 is 0. The molecule has 0 amide bonds. The van der Waals surface area contributed by atoms with Crippen LogP contribution in [0.5, 0.6) is 0 Å². The molecule has 0 atom stereocenters. The van der Waals surface area contributed by atoms with Gasteiger partial charge in [-0.25, -0.2) is 0 Å². The van der Waals surface area contributed by atoms with Crippen molar-refractivity contribution in [1.82, 2.24) is 0 Å². The molecular formula is C49H55BN2. The van der Waals surface area contributed by atoms with Gasteiger partial charge in [0.15, 0.2) is 0 Å². The second kappa shape index (κ2) is 12.4. The van der Waals surface area contributed by atoms with Gasteiger partial charge in [0.2, 0.25) is 0 Å². The molecule has 0 bridgehead atoms. The predicted octanol–water partition coefficient (Wildman–Crippen LogP) is 11.2. The Morgan fingerprint density at radius 2 is 0.962 bits per heavy atom. The highest BCUT2D eigenvalue weighted by molar-refractivity contribution is 7.00. The summed E-state index contributed by atoms with van der Waals surface area (Å²) in [5, 5.41) is 0. The monoisotopic (exact) mass is 682 g/mol. The average Bonchev–Trinajstić information content (AvgIpc) is 3.49. The second-order valence-corrected chi connectivity index (χ2v) is 18.4. The van der Waals surface area contributed by atoms with Crippen molar-refractivity contribution in [2.24, 2.45) is 0 Å². The third-order valence-electron chi connectivity index (χ3n) is 12.6. The molecule has 2 nitrogen and oxygen atoms in total. The first-order valence-electron chi connectivity index (χ1n) is 20.2. The summed E-state index contributed by atoms with van der Waals surface area (Å²) in [5.41, 5.74) is 22.7. The summed E-state index contributed by atoms with van der Waals surface area (Å²) in [6, 6.07) is 34.5. The molecule has 0 aromatic heterocycles. The molecule has 5 aromatic rings. The van der Waals surface area contributed by atoms with Crippen LogP contribution in [0.4, 0.5) is 34.1 Å². The molecule has 264 valence electrons. The van der Waals surface area contributed by atoms with E-state index in [-0.39, 0.29) is 17.5 Å². The Kier molecular flexibility index (Phi) is 8.03. The van der Waals surface area contributed by atoms with Crippen LogP contribution in [-0.4, -0.2) is 6.71 Å². The number of anilines is 6. The molecule has 4 aliphatic rings. The van der Waals surface area contributed by atoms with Gasteiger partial charge in [-0.2, -0.15) is 0 Å². The second-order valence-electron chi connectivity index (χ2n) is 18.4. The Bertz CT molecular complexity index is 2200. The molecule has 0 N–H and O–H groups in total. The molecule has 0 saturated carbocycles. The van der Waals surface area contributed by atoms with Crippen molar-refractivity contribution >= 4 is 57.2 Å². The molecule has 5 aromatic carbocycles. The minimum atomic E-state index is 0.0454. The maximum absolute atomic E-state index is 2.67. The van der Waals surface area contributed by atoms with Crippen molar-refractivity contribution in [3.05, 3.63) is 124 Å². The first-order valence-corrected chi connectivity index (χ1v) is 20.2. The first kappa shape index (κ1) is 33.6. The number of hydrogen-bond acceptors (Lipinski definition) is 2. The Morgan fingerprint density at radius 3 is 1.60 bits per heavy atom. The van der Waals surface area contributed by atoms with Crippen LogP contribution in [0.3, 0.4) is 0 Å². The molecular weight excluding hydrogens is 627 g/mol. The zero-order valence-corrected chi connectivity index (χ0v) is 32.6. The van der Waals surface area contributed by atoms with Crippen molar-refractivity contribution in [2.45, 2.75) is 124 Å². The quantitative estimate of drug-likeness (QED) is 0.132. The first-order chi connectivity index (χ1) is 25.0. The molecule has 2 aliphatic heterocycles. The third kappa shape index (κ3) is 5.62. The minimum Gasteiger partial charge on any atom is -0.311 e. The van der Waals surface area contributed by atoms with Crippen LogP contribution in [0.1, 0.15) is 119 Å². The summed E-state index contributed by atoms with van der Waals surface area (Å²) < 4.78 is 0. The Morgan fingerprint density at radius 1 is 0.442 bits per heavy atom. The topological polar surface area (TPSA) is 6.48 Å². The van der Waals surface area contributed by atoms with E-state index in [1.807, 2.05) is 0 Å². The van der Waals surface area contributed by atoms with Gasteiger partial charge in [-0.3, -0.25) is 0 Å². The number of aryl methyl sites for hydroxylation is 5. The van der Waals surface area contributed by atoms with Gasteiger partial charge in [-0.15, -0.1) is 0 Å². The van der Waals surface area contributed by atoms with Gasteiger partial charge in [-0.05, 0) is 173 Å². The van der Waals surface area contributed by atoms with E-state index in [2.05, 4.69) is 143 Å². The van der Waals surface area contributed by atoms with Crippen LogP contribution in [0, 0.1) is 6.92 Å². The summed E-state index contributed by atoms with van der Waals surface area (Å²) in [6.45, 7) is 16.5. The molecule has 0 radical (unpaired) electrons. The van der Waals surface area contributed by atoms with Crippen molar-refractivity contribution in [3.8, 4) is 0 Å². The van der Waals surface area contributed by atoms with Crippen LogP contribution in [0.15, 0.2) is 84.9 Å². The predicted molar refractivity (Wildman–Crippen MR) is 225 cm³/mol. The highest BCUT2D eigenvalue weighted by Gasteiger charge is 2.44. The van der Waals surface area contributed by atoms with E-state index < -0.39 is 0 Å². The lowest BCUT2D eigenvalue weighted by Gasteiger charge is -2.45. The fourth-order valence-corrected chi connectivity index (χ4v) is 9.72. The summed E-state index contributed by atoms with van der Waals surface area (Å²) in [6.07, 6.45) is 12.6. The normalized spacial score (nSPS) is 16.6. The van der Waals surface area contributed by atoms with Crippen molar-refractivity contribution < 1.29 is 0 Å². The molecule has 0 fully saturated rings. The highest BCUT2D eigenvalue weighted by Crippen LogP contribution is 2.46. The molecule has 0 spiro atoms. The van der Waals surface area contributed by atoms with Crippen LogP contribution < -0.4 is 26.2 Å². The van der Waals surface area contributed by atoms with Crippen molar-refractivity contribution in [1.29, 1.82) is 0 Å². The summed E-state index contributed by atoms with van der Waals surface area (Å²) in [4.78, 5) is 5.26. The fourth-order valence-electron chi connectivity index (χ4n) is 9.72. The van der Waals surface area contributed by atoms with Gasteiger partial charge >= 0.3 is 0 Å². The summed E-state index contributed by atoms with van der Waals surface area (Å²) in [7, 11) is 0. The molecule has 0 unspecified atom stereocenters. The van der Waals surface area contributed by atoms with E-state index >= 15 is 0 Å². The average molecular weight is 683 g/mol. The molecule has 9 rings (SSSR count). The number of benzene rings is 5. The number of fused-ring (bicyclic) bond motifs is 6. The van der Waals surface area contributed by atoms with Crippen LogP contribution in [0.25, 0.3) is 0 Å². The Hall–Kier alpha value is -4.24. The van der Waals surface area contributed by atoms with E-state index in [1.54, 1.807) is 22.3 Å². The van der Waals surface area contributed by atoms with Crippen molar-refractivity contribution in [3.63, 3.8) is 0 Å². The lowest BCUT2D eigenvalue weighted by Crippen LogP contribution is -2.61.